The van der Waals surface area contributed by atoms with Gasteiger partial charge in [-0.05, 0) is 40.6 Å². The van der Waals surface area contributed by atoms with E-state index in [1.165, 1.54) is 0 Å². The van der Waals surface area contributed by atoms with E-state index >= 15 is 0 Å². The highest BCUT2D eigenvalue weighted by Crippen LogP contribution is 2.38. The number of carbonyl (C=O) groups is 1. The van der Waals surface area contributed by atoms with E-state index in [9.17, 15) is 4.79 Å². The maximum Gasteiger partial charge on any atom is 0.338 e. The van der Waals surface area contributed by atoms with Crippen LogP contribution in [0.4, 0.5) is 5.95 Å². The van der Waals surface area contributed by atoms with Crippen LogP contribution in [0.5, 0.6) is 0 Å². The van der Waals surface area contributed by atoms with Gasteiger partial charge in [-0.1, -0.05) is 63.5 Å². The molecule has 1 aromatic heterocycles. The molecule has 4 rings (SSSR count). The smallest absolute Gasteiger partial charge is 0.338 e. The third kappa shape index (κ3) is 3.23. The lowest BCUT2D eigenvalue weighted by Gasteiger charge is -2.28. The van der Waals surface area contributed by atoms with Crippen LogP contribution < -0.4 is 5.32 Å². The number of hydrogen-bond donors (Lipinski definition) is 1. The van der Waals surface area contributed by atoms with Crippen molar-refractivity contribution in [2.75, 3.05) is 11.9 Å². The molecule has 7 nitrogen and oxygen atoms in total. The number of hydrogen-bond acceptors (Lipinski definition) is 6. The second-order valence-electron chi connectivity index (χ2n) is 5.90. The van der Waals surface area contributed by atoms with Crippen LogP contribution in [-0.4, -0.2) is 32.8 Å². The van der Waals surface area contributed by atoms with Gasteiger partial charge in [-0.3, -0.25) is 0 Å². The van der Waals surface area contributed by atoms with Crippen molar-refractivity contribution in [3.05, 3.63) is 75.8 Å². The molecule has 0 saturated heterocycles. The highest BCUT2D eigenvalue weighted by molar-refractivity contribution is 9.10. The second kappa shape index (κ2) is 7.32. The van der Waals surface area contributed by atoms with Crippen LogP contribution in [0.15, 0.2) is 64.6 Å². The third-order valence-electron chi connectivity index (χ3n) is 4.26. The van der Waals surface area contributed by atoms with Crippen molar-refractivity contribution < 1.29 is 9.53 Å². The fourth-order valence-electron chi connectivity index (χ4n) is 3.10. The summed E-state index contributed by atoms with van der Waals surface area (Å²) < 4.78 is 7.92. The molecule has 27 heavy (non-hydrogen) atoms. The average molecular weight is 426 g/mol. The zero-order valence-corrected chi connectivity index (χ0v) is 16.0. The van der Waals surface area contributed by atoms with Crippen molar-refractivity contribution in [2.24, 2.45) is 0 Å². The van der Waals surface area contributed by atoms with E-state index in [0.29, 0.717) is 17.2 Å². The molecule has 0 radical (unpaired) electrons. The van der Waals surface area contributed by atoms with Gasteiger partial charge in [0.05, 0.1) is 17.9 Å². The average Bonchev–Trinajstić information content (AvgIpc) is 3.16. The Morgan fingerprint density at radius 3 is 2.63 bits per heavy atom. The number of nitrogens with one attached hydrogen (secondary N) is 1. The first-order chi connectivity index (χ1) is 13.2. The molecule has 0 amide bonds. The van der Waals surface area contributed by atoms with Crippen molar-refractivity contribution in [1.82, 2.24) is 20.2 Å². The molecule has 0 spiro atoms. The highest BCUT2D eigenvalue weighted by atomic mass is 79.9. The van der Waals surface area contributed by atoms with E-state index in [2.05, 4.69) is 36.8 Å². The van der Waals surface area contributed by atoms with E-state index in [4.69, 9.17) is 4.74 Å². The largest absolute Gasteiger partial charge is 0.463 e. The second-order valence-corrected chi connectivity index (χ2v) is 6.82. The molecule has 8 heteroatoms. The van der Waals surface area contributed by atoms with Gasteiger partial charge in [0.25, 0.3) is 0 Å². The number of halogens is 1. The Kier molecular flexibility index (Phi) is 4.72. The molecule has 0 saturated carbocycles. The summed E-state index contributed by atoms with van der Waals surface area (Å²) in [5.41, 5.74) is 2.84. The number of benzene rings is 2. The fraction of sp³-hybridized carbons (Fsp3) is 0.158. The number of tetrazole rings is 1. The van der Waals surface area contributed by atoms with Crippen molar-refractivity contribution in [3.63, 3.8) is 0 Å². The molecule has 0 unspecified atom stereocenters. The Labute approximate surface area is 164 Å². The summed E-state index contributed by atoms with van der Waals surface area (Å²) in [6.45, 7) is 2.06. The predicted molar refractivity (Wildman–Crippen MR) is 104 cm³/mol. The van der Waals surface area contributed by atoms with Gasteiger partial charge in [0.2, 0.25) is 5.95 Å². The third-order valence-corrected chi connectivity index (χ3v) is 4.79. The van der Waals surface area contributed by atoms with Crippen molar-refractivity contribution in [3.8, 4) is 0 Å². The number of aromatic nitrogens is 4. The van der Waals surface area contributed by atoms with E-state index < -0.39 is 12.0 Å². The Balaban J connectivity index is 1.95. The molecular formula is C19H16BrN5O2. The molecule has 2 heterocycles. The van der Waals surface area contributed by atoms with E-state index in [0.717, 1.165) is 15.6 Å². The molecule has 136 valence electrons. The zero-order chi connectivity index (χ0) is 18.8. The summed E-state index contributed by atoms with van der Waals surface area (Å²) in [5, 5.41) is 15.1. The topological polar surface area (TPSA) is 81.9 Å². The number of ether oxygens (including phenoxy) is 1. The molecule has 3 aromatic rings. The van der Waals surface area contributed by atoms with Crippen LogP contribution >= 0.6 is 15.9 Å². The monoisotopic (exact) mass is 425 g/mol. The standard InChI is InChI=1S/C19H16BrN5O2/c1-2-27-18(26)15-16(12-6-4-3-5-7-12)21-19-22-23-24-25(19)17(15)13-8-10-14(20)11-9-13/h3-11,17H,2H2,1H3,(H,21,22,24)/t17-/m1/s1. The zero-order valence-electron chi connectivity index (χ0n) is 14.5. The lowest BCUT2D eigenvalue weighted by molar-refractivity contribution is -0.138. The van der Waals surface area contributed by atoms with E-state index in [-0.39, 0.29) is 6.61 Å². The Morgan fingerprint density at radius 2 is 1.93 bits per heavy atom. The van der Waals surface area contributed by atoms with Crippen LogP contribution in [0, 0.1) is 0 Å². The summed E-state index contributed by atoms with van der Waals surface area (Å²) in [5.74, 6) is 0.0627. The molecular weight excluding hydrogens is 410 g/mol. The Morgan fingerprint density at radius 1 is 1.19 bits per heavy atom. The minimum Gasteiger partial charge on any atom is -0.463 e. The molecule has 1 aliphatic rings. The van der Waals surface area contributed by atoms with Gasteiger partial charge >= 0.3 is 5.97 Å². The summed E-state index contributed by atoms with van der Waals surface area (Å²) in [7, 11) is 0. The molecule has 2 aromatic carbocycles. The van der Waals surface area contributed by atoms with Gasteiger partial charge < -0.3 is 10.1 Å². The lowest BCUT2D eigenvalue weighted by atomic mass is 9.93. The Bertz CT molecular complexity index is 998. The van der Waals surface area contributed by atoms with Gasteiger partial charge in [0.1, 0.15) is 6.04 Å². The van der Waals surface area contributed by atoms with Crippen LogP contribution in [0.2, 0.25) is 0 Å². The van der Waals surface area contributed by atoms with Gasteiger partial charge in [-0.2, -0.15) is 4.68 Å². The number of anilines is 1. The number of esters is 1. The molecule has 1 atom stereocenters. The molecule has 0 aliphatic carbocycles. The molecule has 1 N–H and O–H groups in total. The lowest BCUT2D eigenvalue weighted by Crippen LogP contribution is -2.30. The van der Waals surface area contributed by atoms with Gasteiger partial charge in [0, 0.05) is 4.47 Å². The quantitative estimate of drug-likeness (QED) is 0.644. The van der Waals surface area contributed by atoms with Crippen molar-refractivity contribution in [2.45, 2.75) is 13.0 Å². The molecule has 1 aliphatic heterocycles. The van der Waals surface area contributed by atoms with Gasteiger partial charge in [0.15, 0.2) is 0 Å². The van der Waals surface area contributed by atoms with E-state index in [1.54, 1.807) is 11.6 Å². The normalized spacial score (nSPS) is 15.9. The van der Waals surface area contributed by atoms with Gasteiger partial charge in [-0.25, -0.2) is 4.79 Å². The number of nitrogens with zero attached hydrogens (tertiary/aromatic N) is 4. The van der Waals surface area contributed by atoms with Gasteiger partial charge in [-0.15, -0.1) is 0 Å². The first kappa shape index (κ1) is 17.4. The van der Waals surface area contributed by atoms with E-state index in [1.807, 2.05) is 54.6 Å². The Hall–Kier alpha value is -3.00. The summed E-state index contributed by atoms with van der Waals surface area (Å²) in [4.78, 5) is 13.0. The van der Waals surface area contributed by atoms with Crippen molar-refractivity contribution in [1.29, 1.82) is 0 Å². The van der Waals surface area contributed by atoms with Crippen LogP contribution in [0.3, 0.4) is 0 Å². The summed E-state index contributed by atoms with van der Waals surface area (Å²) in [6, 6.07) is 16.8. The SMILES string of the molecule is CCOC(=O)C1=C(c2ccccc2)Nc2nnnn2[C@@H]1c1ccc(Br)cc1. The van der Waals surface area contributed by atoms with Crippen LogP contribution in [0.25, 0.3) is 5.70 Å². The van der Waals surface area contributed by atoms with Crippen molar-refractivity contribution >= 4 is 33.5 Å². The highest BCUT2D eigenvalue weighted by Gasteiger charge is 2.36. The minimum absolute atomic E-state index is 0.278. The first-order valence-electron chi connectivity index (χ1n) is 8.46. The first-order valence-corrected chi connectivity index (χ1v) is 9.25. The minimum atomic E-state index is -0.501. The van der Waals surface area contributed by atoms with Crippen LogP contribution in [-0.2, 0) is 9.53 Å². The number of fused-ring (bicyclic) bond motifs is 1. The van der Waals surface area contributed by atoms with Crippen LogP contribution in [0.1, 0.15) is 24.1 Å². The number of rotatable bonds is 4. The summed E-state index contributed by atoms with van der Waals surface area (Å²) >= 11 is 3.45. The maximum absolute atomic E-state index is 13.0. The fourth-order valence-corrected chi connectivity index (χ4v) is 3.36. The molecule has 0 fully saturated rings. The number of carbonyl (C=O) groups excluding carboxylic acids is 1. The predicted octanol–water partition coefficient (Wildman–Crippen LogP) is 3.42. The summed E-state index contributed by atoms with van der Waals surface area (Å²) in [6.07, 6.45) is 0. The maximum atomic E-state index is 13.0. The molecule has 0 bridgehead atoms.